The van der Waals surface area contributed by atoms with Gasteiger partial charge in [0, 0.05) is 24.5 Å². The van der Waals surface area contributed by atoms with Crippen molar-refractivity contribution < 1.29 is 4.79 Å². The van der Waals surface area contributed by atoms with E-state index in [2.05, 4.69) is 26.6 Å². The van der Waals surface area contributed by atoms with E-state index in [4.69, 9.17) is 0 Å². The summed E-state index contributed by atoms with van der Waals surface area (Å²) in [6.07, 6.45) is 3.41. The number of hydrogen-bond donors (Lipinski definition) is 1. The van der Waals surface area contributed by atoms with Gasteiger partial charge in [0.1, 0.15) is 5.54 Å². The molecule has 2 heterocycles. The maximum Gasteiger partial charge on any atom is 0.231 e. The van der Waals surface area contributed by atoms with E-state index in [1.807, 2.05) is 37.5 Å². The molecule has 2 rings (SSSR count). The van der Waals surface area contributed by atoms with Crippen molar-refractivity contribution in [1.82, 2.24) is 25.1 Å². The van der Waals surface area contributed by atoms with Gasteiger partial charge in [-0.3, -0.25) is 9.78 Å². The van der Waals surface area contributed by atoms with Crippen LogP contribution in [0.5, 0.6) is 0 Å². The second kappa shape index (κ2) is 8.12. The quantitative estimate of drug-likeness (QED) is 0.764. The summed E-state index contributed by atoms with van der Waals surface area (Å²) in [5.41, 5.74) is 0.0515. The minimum absolute atomic E-state index is 0.0176. The Kier molecular flexibility index (Phi) is 6.15. The van der Waals surface area contributed by atoms with Crippen LogP contribution >= 0.6 is 11.8 Å². The molecule has 1 amide bonds. The molecule has 0 radical (unpaired) electrons. The molecule has 0 aromatic carbocycles. The van der Waals surface area contributed by atoms with Crippen LogP contribution in [0.15, 0.2) is 29.7 Å². The van der Waals surface area contributed by atoms with Crippen molar-refractivity contribution in [2.45, 2.75) is 44.9 Å². The SMILES string of the molecule is CCn1c(SCC(=O)N[C@@](C)(C#N)C(C)C)nnc1-c1ccncc1. The zero-order valence-electron chi connectivity index (χ0n) is 14.9. The van der Waals surface area contributed by atoms with Crippen LogP contribution < -0.4 is 5.32 Å². The lowest BCUT2D eigenvalue weighted by Gasteiger charge is -2.27. The lowest BCUT2D eigenvalue weighted by Crippen LogP contribution is -2.49. The average Bonchev–Trinajstić information content (AvgIpc) is 3.03. The first-order valence-electron chi connectivity index (χ1n) is 8.10. The summed E-state index contributed by atoms with van der Waals surface area (Å²) >= 11 is 1.31. The molecular formula is C17H22N6OS. The first-order chi connectivity index (χ1) is 11.9. The van der Waals surface area contributed by atoms with E-state index in [0.29, 0.717) is 11.7 Å². The predicted octanol–water partition coefficient (Wildman–Crippen LogP) is 2.51. The lowest BCUT2D eigenvalue weighted by atomic mass is 9.90. The van der Waals surface area contributed by atoms with Crippen LogP contribution in [0.2, 0.25) is 0 Å². The Morgan fingerprint density at radius 3 is 2.64 bits per heavy atom. The summed E-state index contributed by atoms with van der Waals surface area (Å²) in [4.78, 5) is 16.2. The number of pyridine rings is 1. The second-order valence-corrected chi connectivity index (χ2v) is 7.03. The Balaban J connectivity index is 2.08. The highest BCUT2D eigenvalue weighted by Crippen LogP contribution is 2.24. The van der Waals surface area contributed by atoms with E-state index in [-0.39, 0.29) is 17.6 Å². The van der Waals surface area contributed by atoms with Crippen molar-refractivity contribution in [3.8, 4) is 17.5 Å². The molecule has 8 heteroatoms. The van der Waals surface area contributed by atoms with Crippen molar-refractivity contribution in [1.29, 1.82) is 5.26 Å². The number of thioether (sulfide) groups is 1. The molecule has 0 bridgehead atoms. The van der Waals surface area contributed by atoms with Gasteiger partial charge in [0.05, 0.1) is 11.8 Å². The Bertz CT molecular complexity index is 767. The first-order valence-corrected chi connectivity index (χ1v) is 9.08. The van der Waals surface area contributed by atoms with Gasteiger partial charge in [-0.05, 0) is 31.9 Å². The number of nitrogens with zero attached hydrogens (tertiary/aromatic N) is 5. The van der Waals surface area contributed by atoms with Crippen molar-refractivity contribution in [2.24, 2.45) is 5.92 Å². The molecule has 132 valence electrons. The Morgan fingerprint density at radius 2 is 2.08 bits per heavy atom. The monoisotopic (exact) mass is 358 g/mol. The normalized spacial score (nSPS) is 13.3. The van der Waals surface area contributed by atoms with E-state index in [1.165, 1.54) is 11.8 Å². The number of nitrogens with one attached hydrogen (secondary N) is 1. The predicted molar refractivity (Wildman–Crippen MR) is 96.6 cm³/mol. The van der Waals surface area contributed by atoms with Crippen LogP contribution in [0.1, 0.15) is 27.7 Å². The Morgan fingerprint density at radius 1 is 1.40 bits per heavy atom. The number of rotatable bonds is 7. The van der Waals surface area contributed by atoms with E-state index < -0.39 is 5.54 Å². The number of hydrogen-bond acceptors (Lipinski definition) is 6. The molecule has 0 fully saturated rings. The molecular weight excluding hydrogens is 336 g/mol. The van der Waals surface area contributed by atoms with Gasteiger partial charge in [0.15, 0.2) is 11.0 Å². The van der Waals surface area contributed by atoms with Gasteiger partial charge in [-0.15, -0.1) is 10.2 Å². The number of carbonyl (C=O) groups is 1. The number of aromatic nitrogens is 4. The largest absolute Gasteiger partial charge is 0.337 e. The van der Waals surface area contributed by atoms with Crippen LogP contribution in [-0.4, -0.2) is 36.9 Å². The van der Waals surface area contributed by atoms with Crippen molar-refractivity contribution >= 4 is 17.7 Å². The third-order valence-electron chi connectivity index (χ3n) is 4.09. The Labute approximate surface area is 151 Å². The highest BCUT2D eigenvalue weighted by Gasteiger charge is 2.30. The maximum absolute atomic E-state index is 12.2. The lowest BCUT2D eigenvalue weighted by molar-refractivity contribution is -0.120. The van der Waals surface area contributed by atoms with Crippen molar-refractivity contribution in [3.63, 3.8) is 0 Å². The van der Waals surface area contributed by atoms with Crippen LogP contribution in [0.4, 0.5) is 0 Å². The molecule has 2 aromatic rings. The summed E-state index contributed by atoms with van der Waals surface area (Å²) in [5, 5.41) is 21.2. The topological polar surface area (TPSA) is 96.5 Å². The fourth-order valence-electron chi connectivity index (χ4n) is 2.15. The van der Waals surface area contributed by atoms with Gasteiger partial charge in [0.25, 0.3) is 0 Å². The third-order valence-corrected chi connectivity index (χ3v) is 5.06. The van der Waals surface area contributed by atoms with Gasteiger partial charge >= 0.3 is 0 Å². The Hall–Kier alpha value is -2.40. The third kappa shape index (κ3) is 4.37. The maximum atomic E-state index is 12.2. The smallest absolute Gasteiger partial charge is 0.231 e. The molecule has 25 heavy (non-hydrogen) atoms. The first kappa shape index (κ1) is 18.9. The minimum atomic E-state index is -0.877. The number of carbonyl (C=O) groups excluding carboxylic acids is 1. The van der Waals surface area contributed by atoms with Crippen LogP contribution in [0.25, 0.3) is 11.4 Å². The summed E-state index contributed by atoms with van der Waals surface area (Å²) in [6, 6.07) is 5.92. The molecule has 0 spiro atoms. The molecule has 2 aromatic heterocycles. The zero-order chi connectivity index (χ0) is 18.4. The van der Waals surface area contributed by atoms with Crippen molar-refractivity contribution in [2.75, 3.05) is 5.75 Å². The fourth-order valence-corrected chi connectivity index (χ4v) is 2.95. The minimum Gasteiger partial charge on any atom is -0.337 e. The molecule has 1 atom stereocenters. The highest BCUT2D eigenvalue weighted by molar-refractivity contribution is 7.99. The molecule has 0 aliphatic carbocycles. The van der Waals surface area contributed by atoms with Crippen molar-refractivity contribution in [3.05, 3.63) is 24.5 Å². The summed E-state index contributed by atoms with van der Waals surface area (Å²) in [6.45, 7) is 8.24. The molecule has 0 aliphatic heterocycles. The van der Waals surface area contributed by atoms with Crippen LogP contribution in [0, 0.1) is 17.2 Å². The van der Waals surface area contributed by atoms with Crippen LogP contribution in [-0.2, 0) is 11.3 Å². The van der Waals surface area contributed by atoms with E-state index >= 15 is 0 Å². The van der Waals surface area contributed by atoms with Gasteiger partial charge < -0.3 is 9.88 Å². The molecule has 1 N–H and O–H groups in total. The highest BCUT2D eigenvalue weighted by atomic mass is 32.2. The van der Waals surface area contributed by atoms with E-state index in [0.717, 1.165) is 11.4 Å². The summed E-state index contributed by atoms with van der Waals surface area (Å²) < 4.78 is 1.96. The van der Waals surface area contributed by atoms with Gasteiger partial charge in [-0.25, -0.2) is 0 Å². The molecule has 0 saturated carbocycles. The molecule has 7 nitrogen and oxygen atoms in total. The molecule has 0 unspecified atom stereocenters. The summed E-state index contributed by atoms with van der Waals surface area (Å²) in [7, 11) is 0. The summed E-state index contributed by atoms with van der Waals surface area (Å²) in [5.74, 6) is 0.748. The van der Waals surface area contributed by atoms with Crippen LogP contribution in [0.3, 0.4) is 0 Å². The van der Waals surface area contributed by atoms with Gasteiger partial charge in [0.2, 0.25) is 5.91 Å². The van der Waals surface area contributed by atoms with Gasteiger partial charge in [-0.1, -0.05) is 25.6 Å². The second-order valence-electron chi connectivity index (χ2n) is 6.09. The number of amides is 1. The molecule has 0 saturated heterocycles. The van der Waals surface area contributed by atoms with E-state index in [1.54, 1.807) is 19.3 Å². The standard InChI is InChI=1S/C17H22N6OS/c1-5-23-15(13-6-8-19-9-7-13)21-22-16(23)25-10-14(24)20-17(4,11-18)12(2)3/h6-9,12H,5,10H2,1-4H3,(H,20,24)/t17-/m0/s1. The zero-order valence-corrected chi connectivity index (χ0v) is 15.7. The number of nitriles is 1. The molecule has 0 aliphatic rings. The fraction of sp³-hybridized carbons (Fsp3) is 0.471. The van der Waals surface area contributed by atoms with Gasteiger partial charge in [-0.2, -0.15) is 5.26 Å². The average molecular weight is 358 g/mol. The van der Waals surface area contributed by atoms with E-state index in [9.17, 15) is 10.1 Å².